The summed E-state index contributed by atoms with van der Waals surface area (Å²) >= 11 is 0. The lowest BCUT2D eigenvalue weighted by molar-refractivity contribution is -0.183. The predicted molar refractivity (Wildman–Crippen MR) is 98.0 cm³/mol. The molecule has 3 aromatic rings. The van der Waals surface area contributed by atoms with Crippen LogP contribution < -0.4 is 15.1 Å². The van der Waals surface area contributed by atoms with Crippen LogP contribution >= 0.6 is 0 Å². The van der Waals surface area contributed by atoms with Gasteiger partial charge >= 0.3 is 17.4 Å². The molecule has 6 heteroatoms. The maximum absolute atomic E-state index is 12.7. The monoisotopic (exact) mass is 366 g/mol. The van der Waals surface area contributed by atoms with Gasteiger partial charge in [-0.15, -0.1) is 0 Å². The minimum Gasteiger partial charge on any atom is -0.460 e. The minimum absolute atomic E-state index is 0.152. The highest BCUT2D eigenvalue weighted by atomic mass is 16.8. The number of hydrogen-bond donors (Lipinski definition) is 0. The summed E-state index contributed by atoms with van der Waals surface area (Å²) in [4.78, 5) is 24.6. The fourth-order valence-corrected chi connectivity index (χ4v) is 3.21. The molecule has 0 saturated carbocycles. The Bertz CT molecular complexity index is 1070. The third kappa shape index (κ3) is 2.93. The summed E-state index contributed by atoms with van der Waals surface area (Å²) < 4.78 is 22.5. The van der Waals surface area contributed by atoms with Crippen LogP contribution in [-0.2, 0) is 16.0 Å². The van der Waals surface area contributed by atoms with Crippen LogP contribution in [0.4, 0.5) is 0 Å². The molecule has 2 heterocycles. The van der Waals surface area contributed by atoms with Crippen molar-refractivity contribution >= 4 is 16.9 Å². The minimum atomic E-state index is -1.67. The number of ether oxygens (including phenoxy) is 3. The van der Waals surface area contributed by atoms with E-state index >= 15 is 0 Å². The number of rotatable bonds is 4. The molecule has 0 bridgehead atoms. The summed E-state index contributed by atoms with van der Waals surface area (Å²) in [5.41, 5.74) is 1.37. The molecule has 27 heavy (non-hydrogen) atoms. The predicted octanol–water partition coefficient (Wildman–Crippen LogP) is 3.37. The Hall–Kier alpha value is -3.28. The molecule has 2 aromatic carbocycles. The van der Waals surface area contributed by atoms with Crippen molar-refractivity contribution in [2.24, 2.45) is 0 Å². The molecule has 0 saturated heterocycles. The van der Waals surface area contributed by atoms with Gasteiger partial charge in [-0.05, 0) is 37.1 Å². The Morgan fingerprint density at radius 1 is 1.11 bits per heavy atom. The Morgan fingerprint density at radius 3 is 2.63 bits per heavy atom. The lowest BCUT2D eigenvalue weighted by Crippen LogP contribution is -2.50. The molecule has 6 nitrogen and oxygen atoms in total. The van der Waals surface area contributed by atoms with Crippen molar-refractivity contribution in [1.29, 1.82) is 0 Å². The number of carbonyl (C=O) groups excluding carboxylic acids is 1. The molecule has 1 atom stereocenters. The van der Waals surface area contributed by atoms with Gasteiger partial charge in [-0.25, -0.2) is 9.59 Å². The van der Waals surface area contributed by atoms with Crippen LogP contribution in [0, 0.1) is 6.92 Å². The topological polar surface area (TPSA) is 75.0 Å². The zero-order chi connectivity index (χ0) is 19.0. The third-order valence-corrected chi connectivity index (χ3v) is 4.45. The van der Waals surface area contributed by atoms with Crippen molar-refractivity contribution in [3.63, 3.8) is 0 Å². The summed E-state index contributed by atoms with van der Waals surface area (Å²) in [6, 6.07) is 14.3. The fraction of sp³-hybridized carbons (Fsp3) is 0.238. The fourth-order valence-electron chi connectivity index (χ4n) is 3.21. The molecule has 0 radical (unpaired) electrons. The van der Waals surface area contributed by atoms with E-state index in [1.165, 1.54) is 6.07 Å². The molecule has 0 spiro atoms. The zero-order valence-corrected chi connectivity index (χ0v) is 15.0. The van der Waals surface area contributed by atoms with Crippen molar-refractivity contribution in [3.05, 3.63) is 70.1 Å². The van der Waals surface area contributed by atoms with Crippen molar-refractivity contribution in [2.75, 3.05) is 6.61 Å². The second kappa shape index (κ2) is 6.46. The number of esters is 1. The van der Waals surface area contributed by atoms with Crippen molar-refractivity contribution in [2.45, 2.75) is 26.1 Å². The van der Waals surface area contributed by atoms with Gasteiger partial charge in [0, 0.05) is 11.5 Å². The second-order valence-corrected chi connectivity index (χ2v) is 6.36. The van der Waals surface area contributed by atoms with E-state index in [1.54, 1.807) is 19.1 Å². The molecule has 138 valence electrons. The molecule has 1 aromatic heterocycles. The van der Waals surface area contributed by atoms with E-state index in [1.807, 2.05) is 37.3 Å². The van der Waals surface area contributed by atoms with Crippen molar-refractivity contribution < 1.29 is 23.4 Å². The molecule has 4 rings (SSSR count). The molecule has 0 fully saturated rings. The van der Waals surface area contributed by atoms with E-state index in [4.69, 9.17) is 18.6 Å². The zero-order valence-electron chi connectivity index (χ0n) is 15.0. The average Bonchev–Trinajstić information content (AvgIpc) is 3.03. The van der Waals surface area contributed by atoms with Gasteiger partial charge in [0.15, 0.2) is 11.3 Å². The summed E-state index contributed by atoms with van der Waals surface area (Å²) in [7, 11) is 0. The van der Waals surface area contributed by atoms with Gasteiger partial charge in [-0.2, -0.15) is 0 Å². The van der Waals surface area contributed by atoms with Crippen LogP contribution in [0.2, 0.25) is 0 Å². The van der Waals surface area contributed by atoms with Crippen LogP contribution in [-0.4, -0.2) is 18.4 Å². The van der Waals surface area contributed by atoms with Gasteiger partial charge in [0.1, 0.15) is 0 Å². The van der Waals surface area contributed by atoms with Gasteiger partial charge in [-0.1, -0.05) is 30.3 Å². The SMILES string of the molecule is CCOC(=O)C1(Cc2ccccc2)Oc2ccc3c(C)cc(=O)oc3c2O1. The third-order valence-electron chi connectivity index (χ3n) is 4.45. The Balaban J connectivity index is 1.83. The van der Waals surface area contributed by atoms with Crippen molar-refractivity contribution in [3.8, 4) is 11.5 Å². The summed E-state index contributed by atoms with van der Waals surface area (Å²) in [6.45, 7) is 3.71. The van der Waals surface area contributed by atoms with Crippen LogP contribution in [0.1, 0.15) is 18.1 Å². The van der Waals surface area contributed by atoms with E-state index in [-0.39, 0.29) is 24.4 Å². The number of fused-ring (bicyclic) bond motifs is 3. The molecule has 0 N–H and O–H groups in total. The molecule has 0 aliphatic carbocycles. The lowest BCUT2D eigenvalue weighted by atomic mass is 10.1. The number of carbonyl (C=O) groups is 1. The highest BCUT2D eigenvalue weighted by Gasteiger charge is 2.51. The first-order valence-electron chi connectivity index (χ1n) is 8.69. The van der Waals surface area contributed by atoms with Gasteiger partial charge in [0.05, 0.1) is 13.0 Å². The van der Waals surface area contributed by atoms with Gasteiger partial charge < -0.3 is 18.6 Å². The number of benzene rings is 2. The van der Waals surface area contributed by atoms with Crippen molar-refractivity contribution in [1.82, 2.24) is 0 Å². The number of aryl methyl sites for hydroxylation is 1. The quantitative estimate of drug-likeness (QED) is 0.521. The van der Waals surface area contributed by atoms with Crippen LogP contribution in [0.5, 0.6) is 11.5 Å². The molecule has 1 unspecified atom stereocenters. The van der Waals surface area contributed by atoms with Crippen LogP contribution in [0.25, 0.3) is 11.0 Å². The molecular weight excluding hydrogens is 348 g/mol. The Labute approximate surface area is 155 Å². The first-order chi connectivity index (χ1) is 13.0. The second-order valence-electron chi connectivity index (χ2n) is 6.36. The largest absolute Gasteiger partial charge is 0.460 e. The summed E-state index contributed by atoms with van der Waals surface area (Å²) in [5.74, 6) is -1.73. The highest BCUT2D eigenvalue weighted by molar-refractivity contribution is 5.90. The van der Waals surface area contributed by atoms with Gasteiger partial charge in [0.25, 0.3) is 0 Å². The first kappa shape index (κ1) is 17.1. The maximum Gasteiger partial charge on any atom is 0.393 e. The molecule has 1 aliphatic heterocycles. The van der Waals surface area contributed by atoms with E-state index in [2.05, 4.69) is 0 Å². The highest BCUT2D eigenvalue weighted by Crippen LogP contribution is 2.46. The average molecular weight is 366 g/mol. The standard InChI is InChI=1S/C21H18O6/c1-3-24-20(23)21(12-14-7-5-4-6-8-14)26-16-10-9-15-13(2)11-17(22)25-18(15)19(16)27-21/h4-11H,3,12H2,1-2H3. The van der Waals surface area contributed by atoms with E-state index in [0.717, 1.165) is 16.5 Å². The summed E-state index contributed by atoms with van der Waals surface area (Å²) in [5, 5.41) is 0.719. The smallest absolute Gasteiger partial charge is 0.393 e. The van der Waals surface area contributed by atoms with Crippen LogP contribution in [0.3, 0.4) is 0 Å². The van der Waals surface area contributed by atoms with E-state index in [0.29, 0.717) is 5.75 Å². The number of hydrogen-bond acceptors (Lipinski definition) is 6. The van der Waals surface area contributed by atoms with E-state index in [9.17, 15) is 9.59 Å². The Morgan fingerprint density at radius 2 is 1.89 bits per heavy atom. The Kier molecular flexibility index (Phi) is 4.11. The maximum atomic E-state index is 12.7. The van der Waals surface area contributed by atoms with Gasteiger partial charge in [-0.3, -0.25) is 0 Å². The van der Waals surface area contributed by atoms with Crippen LogP contribution in [0.15, 0.2) is 57.7 Å². The summed E-state index contributed by atoms with van der Waals surface area (Å²) in [6.07, 6.45) is 0.152. The first-order valence-corrected chi connectivity index (χ1v) is 8.69. The molecule has 0 amide bonds. The molecule has 1 aliphatic rings. The molecular formula is C21H18O6. The van der Waals surface area contributed by atoms with Gasteiger partial charge in [0.2, 0.25) is 5.75 Å². The normalized spacial score (nSPS) is 17.9. The van der Waals surface area contributed by atoms with E-state index < -0.39 is 17.4 Å². The lowest BCUT2D eigenvalue weighted by Gasteiger charge is -2.25.